The normalized spacial score (nSPS) is 17.3. The lowest BCUT2D eigenvalue weighted by Crippen LogP contribution is -2.45. The second-order valence-electron chi connectivity index (χ2n) is 6.05. The average molecular weight is 340 g/mol. The van der Waals surface area contributed by atoms with E-state index in [1.807, 2.05) is 0 Å². The Hall–Kier alpha value is -1.60. The maximum Gasteiger partial charge on any atom is 0.224 e. The van der Waals surface area contributed by atoms with Crippen LogP contribution in [0, 0.1) is 11.8 Å². The van der Waals surface area contributed by atoms with Crippen molar-refractivity contribution in [3.8, 4) is 5.75 Å². The third kappa shape index (κ3) is 4.68. The van der Waals surface area contributed by atoms with Gasteiger partial charge in [-0.25, -0.2) is 8.42 Å². The smallest absolute Gasteiger partial charge is 0.224 e. The van der Waals surface area contributed by atoms with E-state index in [9.17, 15) is 13.2 Å². The maximum atomic E-state index is 12.4. The Morgan fingerprint density at radius 2 is 1.96 bits per heavy atom. The number of nitrogens with two attached hydrogens (primary N) is 1. The summed E-state index contributed by atoms with van der Waals surface area (Å²) in [5.74, 6) is -0.0914. The van der Waals surface area contributed by atoms with Gasteiger partial charge in [0.1, 0.15) is 5.75 Å². The van der Waals surface area contributed by atoms with Crippen molar-refractivity contribution >= 4 is 15.7 Å². The second-order valence-corrected chi connectivity index (χ2v) is 8.08. The lowest BCUT2D eigenvalue weighted by Gasteiger charge is -2.19. The van der Waals surface area contributed by atoms with Crippen molar-refractivity contribution in [2.45, 2.75) is 30.7 Å². The molecule has 0 saturated heterocycles. The van der Waals surface area contributed by atoms with Gasteiger partial charge in [0.05, 0.1) is 17.8 Å². The van der Waals surface area contributed by atoms with E-state index in [-0.39, 0.29) is 22.6 Å². The standard InChI is InChI=1S/C16H24N2O4S/c1-11(16(19)18-15(9-17)12-3-4-12)10-23(20,21)14-7-5-13(22-2)6-8-14/h5-8,11-12,15H,3-4,9-10,17H2,1-2H3,(H,18,19). The SMILES string of the molecule is COc1ccc(S(=O)(=O)CC(C)C(=O)NC(CN)C2CC2)cc1. The molecule has 0 heterocycles. The molecule has 1 aromatic rings. The van der Waals surface area contributed by atoms with E-state index in [0.29, 0.717) is 18.2 Å². The van der Waals surface area contributed by atoms with Gasteiger partial charge in [-0.05, 0) is 43.0 Å². The van der Waals surface area contributed by atoms with Crippen LogP contribution in [0.3, 0.4) is 0 Å². The molecule has 1 saturated carbocycles. The number of ether oxygens (including phenoxy) is 1. The number of benzene rings is 1. The molecule has 1 aliphatic rings. The van der Waals surface area contributed by atoms with E-state index in [4.69, 9.17) is 10.5 Å². The first-order valence-corrected chi connectivity index (χ1v) is 9.40. The van der Waals surface area contributed by atoms with Crippen molar-refractivity contribution in [3.63, 3.8) is 0 Å². The van der Waals surface area contributed by atoms with Gasteiger partial charge in [0.25, 0.3) is 0 Å². The summed E-state index contributed by atoms with van der Waals surface area (Å²) in [7, 11) is -2.01. The monoisotopic (exact) mass is 340 g/mol. The molecule has 128 valence electrons. The molecule has 1 amide bonds. The third-order valence-corrected chi connectivity index (χ3v) is 6.04. The zero-order chi connectivity index (χ0) is 17.0. The van der Waals surface area contributed by atoms with Crippen LogP contribution in [0.25, 0.3) is 0 Å². The molecule has 1 aromatic carbocycles. The molecule has 0 aliphatic heterocycles. The summed E-state index contributed by atoms with van der Waals surface area (Å²) in [6, 6.07) is 6.12. The largest absolute Gasteiger partial charge is 0.497 e. The highest BCUT2D eigenvalue weighted by Gasteiger charge is 2.33. The predicted molar refractivity (Wildman–Crippen MR) is 87.9 cm³/mol. The van der Waals surface area contributed by atoms with E-state index in [1.54, 1.807) is 19.1 Å². The molecule has 0 aromatic heterocycles. The Labute approximate surface area is 137 Å². The first kappa shape index (κ1) is 17.7. The highest BCUT2D eigenvalue weighted by Crippen LogP contribution is 2.32. The van der Waals surface area contributed by atoms with Gasteiger partial charge in [-0.15, -0.1) is 0 Å². The third-order valence-electron chi connectivity index (χ3n) is 4.11. The van der Waals surface area contributed by atoms with E-state index < -0.39 is 15.8 Å². The predicted octanol–water partition coefficient (Wildman–Crippen LogP) is 0.959. The molecule has 0 bridgehead atoms. The van der Waals surface area contributed by atoms with E-state index in [0.717, 1.165) is 12.8 Å². The Kier molecular flexibility index (Phi) is 5.64. The van der Waals surface area contributed by atoms with Crippen molar-refractivity contribution < 1.29 is 17.9 Å². The van der Waals surface area contributed by atoms with E-state index in [2.05, 4.69) is 5.32 Å². The van der Waals surface area contributed by atoms with E-state index >= 15 is 0 Å². The number of sulfone groups is 1. The molecule has 1 fully saturated rings. The van der Waals surface area contributed by atoms with Crippen molar-refractivity contribution in [1.29, 1.82) is 0 Å². The molecular weight excluding hydrogens is 316 g/mol. The second kappa shape index (κ2) is 7.31. The van der Waals surface area contributed by atoms with Gasteiger partial charge in [0.15, 0.2) is 9.84 Å². The van der Waals surface area contributed by atoms with Gasteiger partial charge in [-0.2, -0.15) is 0 Å². The molecule has 23 heavy (non-hydrogen) atoms. The van der Waals surface area contributed by atoms with Crippen LogP contribution in [-0.2, 0) is 14.6 Å². The fourth-order valence-electron chi connectivity index (χ4n) is 2.48. The molecule has 0 radical (unpaired) electrons. The fraction of sp³-hybridized carbons (Fsp3) is 0.562. The Balaban J connectivity index is 1.98. The molecule has 2 atom stereocenters. The average Bonchev–Trinajstić information content (AvgIpc) is 3.36. The summed E-state index contributed by atoms with van der Waals surface area (Å²) >= 11 is 0. The number of carbonyl (C=O) groups is 1. The topological polar surface area (TPSA) is 98.5 Å². The van der Waals surface area contributed by atoms with Gasteiger partial charge in [0.2, 0.25) is 5.91 Å². The fourth-order valence-corrected chi connectivity index (χ4v) is 4.03. The van der Waals surface area contributed by atoms with Crippen LogP contribution in [0.5, 0.6) is 5.75 Å². The highest BCUT2D eigenvalue weighted by molar-refractivity contribution is 7.91. The molecule has 0 spiro atoms. The number of methoxy groups -OCH3 is 1. The van der Waals surface area contributed by atoms with Gasteiger partial charge in [0, 0.05) is 18.5 Å². The minimum atomic E-state index is -3.52. The lowest BCUT2D eigenvalue weighted by molar-refractivity contribution is -0.124. The quantitative estimate of drug-likeness (QED) is 0.734. The first-order valence-electron chi connectivity index (χ1n) is 7.74. The minimum absolute atomic E-state index is 0.0476. The molecule has 2 rings (SSSR count). The Bertz CT molecular complexity index is 639. The molecular formula is C16H24N2O4S. The molecule has 3 N–H and O–H groups in total. The van der Waals surface area contributed by atoms with Crippen LogP contribution >= 0.6 is 0 Å². The van der Waals surface area contributed by atoms with Gasteiger partial charge in [-0.3, -0.25) is 4.79 Å². The maximum absolute atomic E-state index is 12.4. The van der Waals surface area contributed by atoms with Crippen molar-refractivity contribution in [3.05, 3.63) is 24.3 Å². The Morgan fingerprint density at radius 3 is 2.43 bits per heavy atom. The number of rotatable bonds is 8. The number of nitrogens with one attached hydrogen (secondary N) is 1. The summed E-state index contributed by atoms with van der Waals surface area (Å²) in [6.45, 7) is 2.01. The summed E-state index contributed by atoms with van der Waals surface area (Å²) < 4.78 is 29.8. The van der Waals surface area contributed by atoms with Crippen LogP contribution in [0.15, 0.2) is 29.2 Å². The highest BCUT2D eigenvalue weighted by atomic mass is 32.2. The zero-order valence-corrected chi connectivity index (χ0v) is 14.3. The lowest BCUT2D eigenvalue weighted by atomic mass is 10.1. The molecule has 7 heteroatoms. The number of carbonyl (C=O) groups excluding carboxylic acids is 1. The minimum Gasteiger partial charge on any atom is -0.497 e. The summed E-state index contributed by atoms with van der Waals surface area (Å²) in [4.78, 5) is 12.4. The Morgan fingerprint density at radius 1 is 1.35 bits per heavy atom. The van der Waals surface area contributed by atoms with Gasteiger partial charge >= 0.3 is 0 Å². The number of hydrogen-bond donors (Lipinski definition) is 2. The van der Waals surface area contributed by atoms with Gasteiger partial charge < -0.3 is 15.8 Å². The summed E-state index contributed by atoms with van der Waals surface area (Å²) in [5.41, 5.74) is 5.66. The number of amides is 1. The summed E-state index contributed by atoms with van der Waals surface area (Å²) in [6.07, 6.45) is 2.14. The van der Waals surface area contributed by atoms with Crippen LogP contribution in [0.1, 0.15) is 19.8 Å². The van der Waals surface area contributed by atoms with Crippen molar-refractivity contribution in [1.82, 2.24) is 5.32 Å². The van der Waals surface area contributed by atoms with Crippen LogP contribution in [0.2, 0.25) is 0 Å². The van der Waals surface area contributed by atoms with Gasteiger partial charge in [-0.1, -0.05) is 6.92 Å². The number of hydrogen-bond acceptors (Lipinski definition) is 5. The molecule has 2 unspecified atom stereocenters. The van der Waals surface area contributed by atoms with Crippen LogP contribution < -0.4 is 15.8 Å². The summed E-state index contributed by atoms with van der Waals surface area (Å²) in [5, 5.41) is 2.87. The van der Waals surface area contributed by atoms with Crippen LogP contribution in [-0.4, -0.2) is 39.8 Å². The molecule has 6 nitrogen and oxygen atoms in total. The van der Waals surface area contributed by atoms with Crippen LogP contribution in [0.4, 0.5) is 0 Å². The van der Waals surface area contributed by atoms with E-state index in [1.165, 1.54) is 19.2 Å². The zero-order valence-electron chi connectivity index (χ0n) is 13.5. The van der Waals surface area contributed by atoms with Crippen molar-refractivity contribution in [2.24, 2.45) is 17.6 Å². The first-order chi connectivity index (χ1) is 10.9. The van der Waals surface area contributed by atoms with Crippen molar-refractivity contribution in [2.75, 3.05) is 19.4 Å². The molecule has 1 aliphatic carbocycles.